The Morgan fingerprint density at radius 2 is 2.11 bits per heavy atom. The number of ketones is 1. The van der Waals surface area contributed by atoms with Gasteiger partial charge in [-0.15, -0.1) is 11.8 Å². The molecular weight excluding hydrogens is 244 g/mol. The average molecular weight is 260 g/mol. The molecule has 0 radical (unpaired) electrons. The second-order valence-corrected chi connectivity index (χ2v) is 5.26. The molecule has 1 heterocycles. The van der Waals surface area contributed by atoms with Gasteiger partial charge in [-0.1, -0.05) is 30.3 Å². The van der Waals surface area contributed by atoms with Crippen molar-refractivity contribution in [1.82, 2.24) is 9.78 Å². The molecule has 0 aliphatic rings. The van der Waals surface area contributed by atoms with Gasteiger partial charge in [0.1, 0.15) is 0 Å². The van der Waals surface area contributed by atoms with Crippen LogP contribution < -0.4 is 0 Å². The molecule has 0 spiro atoms. The minimum atomic E-state index is 0.224. The molecule has 0 bridgehead atoms. The lowest BCUT2D eigenvalue weighted by Crippen LogP contribution is -1.98. The van der Waals surface area contributed by atoms with Crippen LogP contribution in [0.2, 0.25) is 0 Å². The lowest BCUT2D eigenvalue weighted by molar-refractivity contribution is 0.0982. The number of thioether (sulfide) groups is 1. The number of hydrogen-bond acceptors (Lipinski definition) is 3. The third-order valence-corrected chi connectivity index (χ3v) is 3.63. The Labute approximate surface area is 111 Å². The molecule has 94 valence electrons. The normalized spacial score (nSPS) is 10.5. The van der Waals surface area contributed by atoms with Crippen LogP contribution in [-0.2, 0) is 7.05 Å². The van der Waals surface area contributed by atoms with E-state index in [0.29, 0.717) is 6.42 Å². The first-order valence-electron chi connectivity index (χ1n) is 5.95. The Balaban J connectivity index is 1.71. The molecule has 1 aromatic heterocycles. The van der Waals surface area contributed by atoms with Gasteiger partial charge in [-0.05, 0) is 12.2 Å². The van der Waals surface area contributed by atoms with Crippen LogP contribution in [0, 0.1) is 0 Å². The fraction of sp³-hybridized carbons (Fsp3) is 0.286. The summed E-state index contributed by atoms with van der Waals surface area (Å²) in [6, 6.07) is 9.47. The highest BCUT2D eigenvalue weighted by Crippen LogP contribution is 2.18. The Morgan fingerprint density at radius 1 is 1.33 bits per heavy atom. The number of rotatable bonds is 6. The molecule has 18 heavy (non-hydrogen) atoms. The smallest absolute Gasteiger partial charge is 0.162 e. The number of hydrogen-bond donors (Lipinski definition) is 0. The Bertz CT molecular complexity index is 508. The predicted molar refractivity (Wildman–Crippen MR) is 73.9 cm³/mol. The van der Waals surface area contributed by atoms with Crippen molar-refractivity contribution >= 4 is 17.5 Å². The van der Waals surface area contributed by atoms with Crippen molar-refractivity contribution in [3.63, 3.8) is 0 Å². The highest BCUT2D eigenvalue weighted by atomic mass is 32.2. The Hall–Kier alpha value is -1.55. The topological polar surface area (TPSA) is 34.9 Å². The van der Waals surface area contributed by atoms with Gasteiger partial charge in [-0.3, -0.25) is 9.48 Å². The summed E-state index contributed by atoms with van der Waals surface area (Å²) in [7, 11) is 1.91. The maximum absolute atomic E-state index is 11.8. The van der Waals surface area contributed by atoms with Gasteiger partial charge in [-0.25, -0.2) is 0 Å². The summed E-state index contributed by atoms with van der Waals surface area (Å²) in [5, 5.41) is 4.11. The van der Waals surface area contributed by atoms with Crippen LogP contribution in [0.1, 0.15) is 23.2 Å². The van der Waals surface area contributed by atoms with E-state index in [1.807, 2.05) is 49.8 Å². The van der Waals surface area contributed by atoms with Gasteiger partial charge in [0, 0.05) is 30.1 Å². The van der Waals surface area contributed by atoms with Crippen LogP contribution in [-0.4, -0.2) is 21.3 Å². The first kappa shape index (κ1) is 12.9. The third kappa shape index (κ3) is 3.74. The summed E-state index contributed by atoms with van der Waals surface area (Å²) in [6.07, 6.45) is 5.35. The van der Waals surface area contributed by atoms with Gasteiger partial charge in [0.05, 0.1) is 6.20 Å². The quantitative estimate of drug-likeness (QED) is 0.454. The first-order valence-corrected chi connectivity index (χ1v) is 6.94. The standard InChI is InChI=1S/C14H16N2OS/c1-16-11-13(10-15-16)18-9-5-8-14(17)12-6-3-2-4-7-12/h2-4,6-7,10-11H,5,8-9H2,1H3. The van der Waals surface area contributed by atoms with Gasteiger partial charge >= 0.3 is 0 Å². The van der Waals surface area contributed by atoms with E-state index >= 15 is 0 Å². The average Bonchev–Trinajstić information content (AvgIpc) is 2.81. The zero-order valence-electron chi connectivity index (χ0n) is 10.4. The Morgan fingerprint density at radius 3 is 2.78 bits per heavy atom. The molecule has 0 saturated carbocycles. The van der Waals surface area contributed by atoms with Crippen molar-refractivity contribution in [2.45, 2.75) is 17.7 Å². The van der Waals surface area contributed by atoms with Crippen molar-refractivity contribution < 1.29 is 4.79 Å². The monoisotopic (exact) mass is 260 g/mol. The predicted octanol–water partition coefficient (Wildman–Crippen LogP) is 3.18. The molecule has 2 aromatic rings. The number of aromatic nitrogens is 2. The summed E-state index contributed by atoms with van der Waals surface area (Å²) >= 11 is 1.74. The first-order chi connectivity index (χ1) is 8.75. The lowest BCUT2D eigenvalue weighted by Gasteiger charge is -2.00. The molecule has 3 nitrogen and oxygen atoms in total. The molecule has 4 heteroatoms. The van der Waals surface area contributed by atoms with Crippen molar-refractivity contribution in [3.8, 4) is 0 Å². The van der Waals surface area contributed by atoms with Crippen LogP contribution in [0.25, 0.3) is 0 Å². The Kier molecular flexibility index (Phi) is 4.59. The molecular formula is C14H16N2OS. The maximum Gasteiger partial charge on any atom is 0.162 e. The van der Waals surface area contributed by atoms with Crippen LogP contribution in [0.3, 0.4) is 0 Å². The number of nitrogens with zero attached hydrogens (tertiary/aromatic N) is 2. The molecule has 1 aromatic carbocycles. The number of aryl methyl sites for hydroxylation is 1. The largest absolute Gasteiger partial charge is 0.294 e. The molecule has 0 aliphatic carbocycles. The maximum atomic E-state index is 11.8. The molecule has 0 fully saturated rings. The van der Waals surface area contributed by atoms with Crippen LogP contribution in [0.5, 0.6) is 0 Å². The molecule has 0 amide bonds. The molecule has 0 unspecified atom stereocenters. The zero-order valence-corrected chi connectivity index (χ0v) is 11.2. The summed E-state index contributed by atoms with van der Waals surface area (Å²) < 4.78 is 1.79. The summed E-state index contributed by atoms with van der Waals surface area (Å²) in [4.78, 5) is 13.0. The van der Waals surface area contributed by atoms with Crippen molar-refractivity contribution in [2.24, 2.45) is 7.05 Å². The minimum Gasteiger partial charge on any atom is -0.294 e. The second-order valence-electron chi connectivity index (χ2n) is 4.09. The SMILES string of the molecule is Cn1cc(SCCCC(=O)c2ccccc2)cn1. The van der Waals surface area contributed by atoms with Gasteiger partial charge in [0.2, 0.25) is 0 Å². The number of Topliss-reactive ketones (excluding diaryl/α,β-unsaturated/α-hetero) is 1. The number of carbonyl (C=O) groups excluding carboxylic acids is 1. The number of carbonyl (C=O) groups is 1. The van der Waals surface area contributed by atoms with E-state index < -0.39 is 0 Å². The summed E-state index contributed by atoms with van der Waals surface area (Å²) in [5.41, 5.74) is 0.809. The number of benzene rings is 1. The zero-order chi connectivity index (χ0) is 12.8. The van der Waals surface area contributed by atoms with Crippen LogP contribution in [0.15, 0.2) is 47.6 Å². The minimum absolute atomic E-state index is 0.224. The van der Waals surface area contributed by atoms with Crippen LogP contribution in [0.4, 0.5) is 0 Å². The van der Waals surface area contributed by atoms with Gasteiger partial charge in [0.15, 0.2) is 5.78 Å². The molecule has 0 saturated heterocycles. The van der Waals surface area contributed by atoms with Crippen molar-refractivity contribution in [1.29, 1.82) is 0 Å². The second kappa shape index (κ2) is 6.40. The fourth-order valence-electron chi connectivity index (χ4n) is 1.66. The van der Waals surface area contributed by atoms with Gasteiger partial charge in [0.25, 0.3) is 0 Å². The summed E-state index contributed by atoms with van der Waals surface area (Å²) in [5.74, 6) is 1.17. The van der Waals surface area contributed by atoms with Gasteiger partial charge in [-0.2, -0.15) is 5.10 Å². The van der Waals surface area contributed by atoms with Gasteiger partial charge < -0.3 is 0 Å². The van der Waals surface area contributed by atoms with E-state index in [-0.39, 0.29) is 5.78 Å². The molecule has 2 rings (SSSR count). The lowest BCUT2D eigenvalue weighted by atomic mass is 10.1. The van der Waals surface area contributed by atoms with Crippen molar-refractivity contribution in [3.05, 3.63) is 48.3 Å². The summed E-state index contributed by atoms with van der Waals surface area (Å²) in [6.45, 7) is 0. The van der Waals surface area contributed by atoms with Crippen molar-refractivity contribution in [2.75, 3.05) is 5.75 Å². The highest BCUT2D eigenvalue weighted by Gasteiger charge is 2.04. The molecule has 0 atom stereocenters. The highest BCUT2D eigenvalue weighted by molar-refractivity contribution is 7.99. The molecule has 0 N–H and O–H groups in total. The van der Waals surface area contributed by atoms with E-state index in [0.717, 1.165) is 22.6 Å². The van der Waals surface area contributed by atoms with Crippen LogP contribution >= 0.6 is 11.8 Å². The third-order valence-electron chi connectivity index (χ3n) is 2.59. The van der Waals surface area contributed by atoms with E-state index in [2.05, 4.69) is 5.10 Å². The fourth-order valence-corrected chi connectivity index (χ4v) is 2.54. The van der Waals surface area contributed by atoms with E-state index in [1.165, 1.54) is 0 Å². The van der Waals surface area contributed by atoms with E-state index in [1.54, 1.807) is 16.4 Å². The molecule has 0 aliphatic heterocycles. The van der Waals surface area contributed by atoms with E-state index in [9.17, 15) is 4.79 Å². The van der Waals surface area contributed by atoms with E-state index in [4.69, 9.17) is 0 Å².